The third-order valence-corrected chi connectivity index (χ3v) is 1.79. The first kappa shape index (κ1) is 7.79. The van der Waals surface area contributed by atoms with Crippen LogP contribution in [0.3, 0.4) is 0 Å². The average molecular weight is 176 g/mol. The molecule has 0 amide bonds. The maximum atomic E-state index is 10.4. The van der Waals surface area contributed by atoms with Crippen molar-refractivity contribution in [1.82, 2.24) is 9.97 Å². The standard InChI is InChI=1S/C9H8N2O2/c12-9(13)5-6-1-2-7-8(11-6)3-4-10-7/h1-4,10H,5H2,(H,12,13). The van der Waals surface area contributed by atoms with Crippen molar-refractivity contribution in [3.63, 3.8) is 0 Å². The molecule has 0 unspecified atom stereocenters. The molecule has 0 saturated heterocycles. The normalized spacial score (nSPS) is 10.5. The Morgan fingerprint density at radius 2 is 2.31 bits per heavy atom. The number of fused-ring (bicyclic) bond motifs is 1. The van der Waals surface area contributed by atoms with Crippen molar-refractivity contribution in [3.05, 3.63) is 30.1 Å². The zero-order valence-electron chi connectivity index (χ0n) is 6.82. The van der Waals surface area contributed by atoms with Gasteiger partial charge >= 0.3 is 5.97 Å². The third kappa shape index (κ3) is 1.51. The molecule has 0 fully saturated rings. The highest BCUT2D eigenvalue weighted by atomic mass is 16.4. The summed E-state index contributed by atoms with van der Waals surface area (Å²) in [7, 11) is 0. The third-order valence-electron chi connectivity index (χ3n) is 1.79. The molecule has 0 atom stereocenters. The van der Waals surface area contributed by atoms with E-state index in [-0.39, 0.29) is 6.42 Å². The molecule has 2 rings (SSSR count). The maximum absolute atomic E-state index is 10.4. The van der Waals surface area contributed by atoms with Gasteiger partial charge in [0.2, 0.25) is 0 Å². The summed E-state index contributed by atoms with van der Waals surface area (Å²) < 4.78 is 0. The molecule has 0 spiro atoms. The van der Waals surface area contributed by atoms with Crippen LogP contribution >= 0.6 is 0 Å². The summed E-state index contributed by atoms with van der Waals surface area (Å²) in [6.07, 6.45) is 1.75. The first-order valence-corrected chi connectivity index (χ1v) is 3.90. The van der Waals surface area contributed by atoms with Gasteiger partial charge < -0.3 is 10.1 Å². The van der Waals surface area contributed by atoms with Gasteiger partial charge in [-0.3, -0.25) is 9.78 Å². The Labute approximate surface area is 74.2 Å². The van der Waals surface area contributed by atoms with Gasteiger partial charge in [-0.05, 0) is 18.2 Å². The number of nitrogens with one attached hydrogen (secondary N) is 1. The van der Waals surface area contributed by atoms with E-state index in [0.717, 1.165) is 11.0 Å². The van der Waals surface area contributed by atoms with Crippen molar-refractivity contribution >= 4 is 17.0 Å². The molecule has 2 aromatic rings. The predicted molar refractivity (Wildman–Crippen MR) is 47.4 cm³/mol. The summed E-state index contributed by atoms with van der Waals surface area (Å²) in [6, 6.07) is 5.37. The van der Waals surface area contributed by atoms with Gasteiger partial charge in [-0.15, -0.1) is 0 Å². The number of carboxylic acid groups (broad SMARTS) is 1. The molecule has 0 radical (unpaired) electrons. The highest BCUT2D eigenvalue weighted by Crippen LogP contribution is 2.10. The van der Waals surface area contributed by atoms with Crippen molar-refractivity contribution in [1.29, 1.82) is 0 Å². The Morgan fingerprint density at radius 3 is 3.08 bits per heavy atom. The average Bonchev–Trinajstić information content (AvgIpc) is 2.49. The summed E-state index contributed by atoms with van der Waals surface area (Å²) in [6.45, 7) is 0. The summed E-state index contributed by atoms with van der Waals surface area (Å²) in [5.41, 5.74) is 2.31. The number of carbonyl (C=O) groups is 1. The molecule has 2 aromatic heterocycles. The zero-order valence-corrected chi connectivity index (χ0v) is 6.82. The molecule has 4 nitrogen and oxygen atoms in total. The van der Waals surface area contributed by atoms with Crippen molar-refractivity contribution in [3.8, 4) is 0 Å². The summed E-state index contributed by atoms with van der Waals surface area (Å²) in [5.74, 6) is -0.859. The number of aromatic amines is 1. The van der Waals surface area contributed by atoms with Crippen LogP contribution in [0.4, 0.5) is 0 Å². The molecular formula is C9H8N2O2. The lowest BCUT2D eigenvalue weighted by Crippen LogP contribution is -2.01. The Kier molecular flexibility index (Phi) is 1.73. The van der Waals surface area contributed by atoms with Crippen LogP contribution in [-0.4, -0.2) is 21.0 Å². The lowest BCUT2D eigenvalue weighted by atomic mass is 10.2. The van der Waals surface area contributed by atoms with E-state index < -0.39 is 5.97 Å². The van der Waals surface area contributed by atoms with Gasteiger partial charge in [0, 0.05) is 6.20 Å². The number of hydrogen-bond acceptors (Lipinski definition) is 2. The molecule has 13 heavy (non-hydrogen) atoms. The van der Waals surface area contributed by atoms with Crippen molar-refractivity contribution in [2.45, 2.75) is 6.42 Å². The van der Waals surface area contributed by atoms with E-state index in [2.05, 4.69) is 9.97 Å². The number of nitrogens with zero attached hydrogens (tertiary/aromatic N) is 1. The minimum absolute atomic E-state index is 0.0267. The molecule has 4 heteroatoms. The molecule has 0 aromatic carbocycles. The summed E-state index contributed by atoms with van der Waals surface area (Å²) >= 11 is 0. The first-order valence-electron chi connectivity index (χ1n) is 3.90. The summed E-state index contributed by atoms with van der Waals surface area (Å²) in [4.78, 5) is 17.5. The van der Waals surface area contributed by atoms with Crippen LogP contribution in [0.5, 0.6) is 0 Å². The van der Waals surface area contributed by atoms with Crippen LogP contribution in [0.25, 0.3) is 11.0 Å². The number of H-pyrrole nitrogens is 1. The molecule has 0 aliphatic carbocycles. The van der Waals surface area contributed by atoms with Crippen LogP contribution in [0.15, 0.2) is 24.4 Å². The van der Waals surface area contributed by atoms with Crippen LogP contribution in [0.1, 0.15) is 5.69 Å². The van der Waals surface area contributed by atoms with Gasteiger partial charge in [0.15, 0.2) is 0 Å². The zero-order chi connectivity index (χ0) is 9.26. The van der Waals surface area contributed by atoms with E-state index in [9.17, 15) is 4.79 Å². The van der Waals surface area contributed by atoms with Crippen LogP contribution in [0.2, 0.25) is 0 Å². The Balaban J connectivity index is 2.42. The summed E-state index contributed by atoms with van der Waals surface area (Å²) in [5, 5.41) is 8.54. The second-order valence-corrected chi connectivity index (χ2v) is 2.78. The maximum Gasteiger partial charge on any atom is 0.309 e. The van der Waals surface area contributed by atoms with Crippen LogP contribution < -0.4 is 0 Å². The fraction of sp³-hybridized carbons (Fsp3) is 0.111. The lowest BCUT2D eigenvalue weighted by molar-refractivity contribution is -0.136. The highest BCUT2D eigenvalue weighted by Gasteiger charge is 2.02. The number of aliphatic carboxylic acids is 1. The van der Waals surface area contributed by atoms with E-state index in [1.54, 1.807) is 12.3 Å². The Morgan fingerprint density at radius 1 is 1.46 bits per heavy atom. The predicted octanol–water partition coefficient (Wildman–Crippen LogP) is 1.19. The van der Waals surface area contributed by atoms with E-state index in [0.29, 0.717) is 5.69 Å². The molecule has 0 bridgehead atoms. The van der Waals surface area contributed by atoms with E-state index in [1.165, 1.54) is 0 Å². The quantitative estimate of drug-likeness (QED) is 0.722. The molecule has 2 heterocycles. The number of rotatable bonds is 2. The molecule has 0 aliphatic rings. The molecular weight excluding hydrogens is 168 g/mol. The smallest absolute Gasteiger partial charge is 0.309 e. The minimum Gasteiger partial charge on any atom is -0.481 e. The van der Waals surface area contributed by atoms with Gasteiger partial charge in [0.1, 0.15) is 0 Å². The van der Waals surface area contributed by atoms with E-state index >= 15 is 0 Å². The second-order valence-electron chi connectivity index (χ2n) is 2.78. The lowest BCUT2D eigenvalue weighted by Gasteiger charge is -1.95. The Bertz CT molecular complexity index is 448. The number of pyridine rings is 1. The topological polar surface area (TPSA) is 66.0 Å². The molecule has 0 saturated carbocycles. The van der Waals surface area contributed by atoms with Crippen molar-refractivity contribution in [2.24, 2.45) is 0 Å². The molecule has 66 valence electrons. The monoisotopic (exact) mass is 176 g/mol. The molecule has 0 aliphatic heterocycles. The SMILES string of the molecule is O=C(O)Cc1ccc2[nH]ccc2n1. The van der Waals surface area contributed by atoms with Gasteiger partial charge in [0.05, 0.1) is 23.1 Å². The van der Waals surface area contributed by atoms with E-state index in [1.807, 2.05) is 12.1 Å². The number of hydrogen-bond donors (Lipinski definition) is 2. The Hall–Kier alpha value is -1.84. The van der Waals surface area contributed by atoms with Gasteiger partial charge in [-0.25, -0.2) is 0 Å². The fourth-order valence-corrected chi connectivity index (χ4v) is 1.23. The van der Waals surface area contributed by atoms with Crippen molar-refractivity contribution in [2.75, 3.05) is 0 Å². The first-order chi connectivity index (χ1) is 6.25. The van der Waals surface area contributed by atoms with Crippen LogP contribution in [-0.2, 0) is 11.2 Å². The van der Waals surface area contributed by atoms with Gasteiger partial charge in [-0.2, -0.15) is 0 Å². The number of aromatic nitrogens is 2. The van der Waals surface area contributed by atoms with E-state index in [4.69, 9.17) is 5.11 Å². The largest absolute Gasteiger partial charge is 0.481 e. The fourth-order valence-electron chi connectivity index (χ4n) is 1.23. The van der Waals surface area contributed by atoms with Crippen LogP contribution in [0, 0.1) is 0 Å². The van der Waals surface area contributed by atoms with Crippen molar-refractivity contribution < 1.29 is 9.90 Å². The number of carboxylic acids is 1. The molecule has 2 N–H and O–H groups in total. The van der Waals surface area contributed by atoms with Gasteiger partial charge in [-0.1, -0.05) is 0 Å². The highest BCUT2D eigenvalue weighted by molar-refractivity contribution is 5.76. The van der Waals surface area contributed by atoms with Gasteiger partial charge in [0.25, 0.3) is 0 Å². The second kappa shape index (κ2) is 2.90. The minimum atomic E-state index is -0.859.